The molecule has 0 fully saturated rings. The highest BCUT2D eigenvalue weighted by molar-refractivity contribution is 9.10. The molecule has 0 bridgehead atoms. The van der Waals surface area contributed by atoms with E-state index in [1.807, 2.05) is 19.1 Å². The number of anilines is 1. The standard InChI is InChI=1S/C16H12BrClN2O2S/c1-8-12(18)5-6-13-14(8)19-16(23-13)20-15(21)10-7-9(22-2)3-4-11(10)17/h3-7H,1-2H3,(H,19,20,21). The maximum Gasteiger partial charge on any atom is 0.258 e. The summed E-state index contributed by atoms with van der Waals surface area (Å²) >= 11 is 10.9. The third-order valence-electron chi connectivity index (χ3n) is 3.39. The fraction of sp³-hybridized carbons (Fsp3) is 0.125. The second-order valence-corrected chi connectivity index (χ2v) is 7.13. The Hall–Kier alpha value is -1.63. The molecule has 7 heteroatoms. The number of fused-ring (bicyclic) bond motifs is 1. The molecule has 3 rings (SSSR count). The van der Waals surface area contributed by atoms with Crippen molar-refractivity contribution in [2.24, 2.45) is 0 Å². The molecule has 118 valence electrons. The van der Waals surface area contributed by atoms with E-state index in [1.165, 1.54) is 11.3 Å². The summed E-state index contributed by atoms with van der Waals surface area (Å²) < 4.78 is 6.83. The van der Waals surface area contributed by atoms with Crippen molar-refractivity contribution in [2.45, 2.75) is 6.92 Å². The van der Waals surface area contributed by atoms with Gasteiger partial charge in [-0.15, -0.1) is 0 Å². The molecule has 1 N–H and O–H groups in total. The van der Waals surface area contributed by atoms with Crippen LogP contribution in [0.1, 0.15) is 15.9 Å². The highest BCUT2D eigenvalue weighted by Crippen LogP contribution is 2.32. The van der Waals surface area contributed by atoms with Crippen LogP contribution >= 0.6 is 38.9 Å². The number of ether oxygens (including phenoxy) is 1. The smallest absolute Gasteiger partial charge is 0.258 e. The van der Waals surface area contributed by atoms with E-state index in [0.717, 1.165) is 15.8 Å². The Morgan fingerprint density at radius 1 is 1.35 bits per heavy atom. The van der Waals surface area contributed by atoms with Gasteiger partial charge in [-0.1, -0.05) is 22.9 Å². The summed E-state index contributed by atoms with van der Waals surface area (Å²) in [6, 6.07) is 8.97. The Labute approximate surface area is 150 Å². The summed E-state index contributed by atoms with van der Waals surface area (Å²) in [7, 11) is 1.56. The van der Waals surface area contributed by atoms with Crippen LogP contribution < -0.4 is 10.1 Å². The molecule has 0 unspecified atom stereocenters. The number of carbonyl (C=O) groups is 1. The fourth-order valence-corrected chi connectivity index (χ4v) is 3.62. The number of benzene rings is 2. The third-order valence-corrected chi connectivity index (χ3v) is 5.42. The molecule has 3 aromatic rings. The lowest BCUT2D eigenvalue weighted by Gasteiger charge is -2.06. The van der Waals surface area contributed by atoms with Gasteiger partial charge in [-0.2, -0.15) is 0 Å². The average molecular weight is 412 g/mol. The van der Waals surface area contributed by atoms with E-state index in [9.17, 15) is 4.79 Å². The maximum atomic E-state index is 12.5. The van der Waals surface area contributed by atoms with Crippen molar-refractivity contribution in [3.05, 3.63) is 51.0 Å². The number of methoxy groups -OCH3 is 1. The molecule has 4 nitrogen and oxygen atoms in total. The lowest BCUT2D eigenvalue weighted by Crippen LogP contribution is -2.12. The van der Waals surface area contributed by atoms with Gasteiger partial charge in [0.1, 0.15) is 5.75 Å². The number of nitrogens with one attached hydrogen (secondary N) is 1. The van der Waals surface area contributed by atoms with E-state index in [1.54, 1.807) is 25.3 Å². The molecular weight excluding hydrogens is 400 g/mol. The molecule has 1 amide bonds. The highest BCUT2D eigenvalue weighted by Gasteiger charge is 2.15. The van der Waals surface area contributed by atoms with Gasteiger partial charge >= 0.3 is 0 Å². The van der Waals surface area contributed by atoms with Gasteiger partial charge < -0.3 is 4.74 Å². The molecule has 1 aromatic heterocycles. The van der Waals surface area contributed by atoms with Crippen LogP contribution in [0.2, 0.25) is 5.02 Å². The van der Waals surface area contributed by atoms with Crippen molar-refractivity contribution in [1.29, 1.82) is 0 Å². The van der Waals surface area contributed by atoms with Crippen molar-refractivity contribution in [3.63, 3.8) is 0 Å². The van der Waals surface area contributed by atoms with E-state index in [-0.39, 0.29) is 5.91 Å². The minimum atomic E-state index is -0.251. The Kier molecular flexibility index (Phi) is 4.57. The summed E-state index contributed by atoms with van der Waals surface area (Å²) in [6.45, 7) is 1.91. The van der Waals surface area contributed by atoms with Crippen molar-refractivity contribution >= 4 is 60.1 Å². The summed E-state index contributed by atoms with van der Waals surface area (Å²) in [5.74, 6) is 0.365. The van der Waals surface area contributed by atoms with Crippen LogP contribution in [0.25, 0.3) is 10.2 Å². The van der Waals surface area contributed by atoms with Gasteiger partial charge in [0.05, 0.1) is 22.9 Å². The summed E-state index contributed by atoms with van der Waals surface area (Å²) in [6.07, 6.45) is 0. The van der Waals surface area contributed by atoms with Crippen LogP contribution in [0.15, 0.2) is 34.8 Å². The first-order valence-electron chi connectivity index (χ1n) is 6.70. The molecule has 2 aromatic carbocycles. The summed E-state index contributed by atoms with van der Waals surface area (Å²) in [4.78, 5) is 16.9. The minimum absolute atomic E-state index is 0.251. The van der Waals surface area contributed by atoms with Crippen LogP contribution in [0, 0.1) is 6.92 Å². The molecule has 0 aliphatic carbocycles. The quantitative estimate of drug-likeness (QED) is 0.638. The first kappa shape index (κ1) is 16.2. The summed E-state index contributed by atoms with van der Waals surface area (Å²) in [5, 5.41) is 4.02. The number of hydrogen-bond donors (Lipinski definition) is 1. The Morgan fingerprint density at radius 2 is 2.13 bits per heavy atom. The molecule has 0 aliphatic rings. The predicted molar refractivity (Wildman–Crippen MR) is 98.0 cm³/mol. The largest absolute Gasteiger partial charge is 0.497 e. The Bertz CT molecular complexity index is 910. The number of hydrogen-bond acceptors (Lipinski definition) is 4. The molecular formula is C16H12BrClN2O2S. The lowest BCUT2D eigenvalue weighted by atomic mass is 10.2. The summed E-state index contributed by atoms with van der Waals surface area (Å²) in [5.41, 5.74) is 2.20. The van der Waals surface area contributed by atoms with Crippen LogP contribution in [-0.2, 0) is 0 Å². The number of rotatable bonds is 3. The van der Waals surface area contributed by atoms with Crippen LogP contribution in [0.5, 0.6) is 5.75 Å². The zero-order valence-corrected chi connectivity index (χ0v) is 15.5. The second-order valence-electron chi connectivity index (χ2n) is 4.84. The number of thiazole rings is 1. The topological polar surface area (TPSA) is 51.2 Å². The van der Waals surface area contributed by atoms with Crippen LogP contribution in [0.4, 0.5) is 5.13 Å². The number of aryl methyl sites for hydroxylation is 1. The van der Waals surface area contributed by atoms with Gasteiger partial charge in [0.2, 0.25) is 0 Å². The first-order valence-corrected chi connectivity index (χ1v) is 8.69. The number of aromatic nitrogens is 1. The van der Waals surface area contributed by atoms with Crippen molar-refractivity contribution < 1.29 is 9.53 Å². The minimum Gasteiger partial charge on any atom is -0.497 e. The van der Waals surface area contributed by atoms with Gasteiger partial charge in [0, 0.05) is 9.50 Å². The molecule has 0 saturated heterocycles. The van der Waals surface area contributed by atoms with Gasteiger partial charge in [-0.05, 0) is 58.7 Å². The van der Waals surface area contributed by atoms with E-state index < -0.39 is 0 Å². The number of carbonyl (C=O) groups excluding carboxylic acids is 1. The van der Waals surface area contributed by atoms with Gasteiger partial charge in [0.15, 0.2) is 5.13 Å². The van der Waals surface area contributed by atoms with E-state index in [4.69, 9.17) is 16.3 Å². The zero-order valence-electron chi connectivity index (χ0n) is 12.3. The van der Waals surface area contributed by atoms with Crippen molar-refractivity contribution in [1.82, 2.24) is 4.98 Å². The average Bonchev–Trinajstić information content (AvgIpc) is 2.95. The SMILES string of the molecule is COc1ccc(Br)c(C(=O)Nc2nc3c(C)c(Cl)ccc3s2)c1. The van der Waals surface area contributed by atoms with Crippen molar-refractivity contribution in [2.75, 3.05) is 12.4 Å². The fourth-order valence-electron chi connectivity index (χ4n) is 2.12. The lowest BCUT2D eigenvalue weighted by molar-refractivity contribution is 0.102. The van der Waals surface area contributed by atoms with E-state index in [0.29, 0.717) is 25.9 Å². The molecule has 0 radical (unpaired) electrons. The van der Waals surface area contributed by atoms with E-state index >= 15 is 0 Å². The first-order chi connectivity index (χ1) is 11.0. The number of halogens is 2. The monoisotopic (exact) mass is 410 g/mol. The molecule has 23 heavy (non-hydrogen) atoms. The Morgan fingerprint density at radius 3 is 2.87 bits per heavy atom. The molecule has 0 atom stereocenters. The van der Waals surface area contributed by atoms with Crippen molar-refractivity contribution in [3.8, 4) is 5.75 Å². The maximum absolute atomic E-state index is 12.5. The van der Waals surface area contributed by atoms with Gasteiger partial charge in [-0.3, -0.25) is 10.1 Å². The van der Waals surface area contributed by atoms with Gasteiger partial charge in [0.25, 0.3) is 5.91 Å². The molecule has 0 saturated carbocycles. The molecule has 0 aliphatic heterocycles. The number of amides is 1. The van der Waals surface area contributed by atoms with Crippen LogP contribution in [0.3, 0.4) is 0 Å². The zero-order chi connectivity index (χ0) is 16.6. The third kappa shape index (κ3) is 3.20. The Balaban J connectivity index is 1.93. The predicted octanol–water partition coefficient (Wildman–Crippen LogP) is 5.28. The normalized spacial score (nSPS) is 10.8. The van der Waals surface area contributed by atoms with Gasteiger partial charge in [-0.25, -0.2) is 4.98 Å². The van der Waals surface area contributed by atoms with Crippen LogP contribution in [-0.4, -0.2) is 18.0 Å². The molecule has 1 heterocycles. The number of nitrogens with zero attached hydrogens (tertiary/aromatic N) is 1. The highest BCUT2D eigenvalue weighted by atomic mass is 79.9. The molecule has 0 spiro atoms. The van der Waals surface area contributed by atoms with E-state index in [2.05, 4.69) is 26.2 Å². The second kappa shape index (κ2) is 6.47.